The van der Waals surface area contributed by atoms with Gasteiger partial charge in [-0.1, -0.05) is 18.2 Å². The molecular weight excluding hydrogens is 444 g/mol. The Morgan fingerprint density at radius 3 is 2.88 bits per heavy atom. The average Bonchev–Trinajstić information content (AvgIpc) is 3.24. The molecule has 11 heteroatoms. The topological polar surface area (TPSA) is 154 Å². The number of nitrogens with one attached hydrogen (secondary N) is 1. The van der Waals surface area contributed by atoms with Gasteiger partial charge < -0.3 is 21.1 Å². The lowest BCUT2D eigenvalue weighted by Crippen LogP contribution is -2.45. The van der Waals surface area contributed by atoms with E-state index in [-0.39, 0.29) is 33.9 Å². The highest BCUT2D eigenvalue weighted by atomic mass is 32.1. The lowest BCUT2D eigenvalue weighted by Gasteiger charge is -2.33. The Morgan fingerprint density at radius 2 is 2.15 bits per heavy atom. The standard InChI is InChI=1S/C22H22N6O4S/c23-8-13-4-1-2-5-14(13)10-28-21(32)19-18(16(12-33-19)20(31)25-9-17(29)30)26-22(28)27-7-3-6-15(24)11-27/h1-2,4-5,12,15H,3,6-7,9-11,24H2,(H,25,31)(H,29,30)/t15-/m1/s1. The highest BCUT2D eigenvalue weighted by Gasteiger charge is 2.25. The molecule has 0 spiro atoms. The number of fused-ring (bicyclic) bond motifs is 1. The van der Waals surface area contributed by atoms with Crippen LogP contribution in [0.25, 0.3) is 10.2 Å². The maximum Gasteiger partial charge on any atom is 0.322 e. The molecule has 0 saturated carbocycles. The molecule has 33 heavy (non-hydrogen) atoms. The van der Waals surface area contributed by atoms with E-state index in [1.54, 1.807) is 24.3 Å². The number of carbonyl (C=O) groups excluding carboxylic acids is 1. The predicted octanol–water partition coefficient (Wildman–Crippen LogP) is 1.12. The molecule has 2 aromatic heterocycles. The number of anilines is 1. The summed E-state index contributed by atoms with van der Waals surface area (Å²) >= 11 is 1.08. The van der Waals surface area contributed by atoms with Crippen molar-refractivity contribution in [3.63, 3.8) is 0 Å². The van der Waals surface area contributed by atoms with Crippen LogP contribution in [0.3, 0.4) is 0 Å². The van der Waals surface area contributed by atoms with E-state index >= 15 is 0 Å². The highest BCUT2D eigenvalue weighted by molar-refractivity contribution is 7.17. The van der Waals surface area contributed by atoms with Gasteiger partial charge in [0.2, 0.25) is 5.95 Å². The summed E-state index contributed by atoms with van der Waals surface area (Å²) in [4.78, 5) is 43.6. The van der Waals surface area contributed by atoms with Crippen molar-refractivity contribution < 1.29 is 14.7 Å². The molecule has 0 aliphatic carbocycles. The maximum atomic E-state index is 13.5. The number of carboxylic acids is 1. The van der Waals surface area contributed by atoms with Crippen molar-refractivity contribution in [1.82, 2.24) is 14.9 Å². The van der Waals surface area contributed by atoms with E-state index in [1.165, 1.54) is 9.95 Å². The predicted molar refractivity (Wildman–Crippen MR) is 124 cm³/mol. The zero-order valence-corrected chi connectivity index (χ0v) is 18.5. The zero-order valence-electron chi connectivity index (χ0n) is 17.7. The molecule has 1 fully saturated rings. The van der Waals surface area contributed by atoms with Crippen molar-refractivity contribution in [1.29, 1.82) is 5.26 Å². The fourth-order valence-electron chi connectivity index (χ4n) is 3.91. The molecule has 10 nitrogen and oxygen atoms in total. The van der Waals surface area contributed by atoms with Gasteiger partial charge in [-0.15, -0.1) is 11.3 Å². The van der Waals surface area contributed by atoms with Crippen molar-refractivity contribution in [3.8, 4) is 6.07 Å². The minimum atomic E-state index is -1.17. The molecular formula is C22H22N6O4S. The Balaban J connectivity index is 1.85. The number of rotatable bonds is 6. The number of nitriles is 1. The summed E-state index contributed by atoms with van der Waals surface area (Å²) in [6.07, 6.45) is 1.70. The van der Waals surface area contributed by atoms with E-state index in [1.807, 2.05) is 4.90 Å². The average molecular weight is 467 g/mol. The largest absolute Gasteiger partial charge is 0.480 e. The molecule has 1 atom stereocenters. The van der Waals surface area contributed by atoms with Crippen LogP contribution < -0.4 is 21.5 Å². The molecule has 0 unspecified atom stereocenters. The SMILES string of the molecule is N#Cc1ccccc1Cn1c(N2CCC[C@@H](N)C2)nc2c(C(=O)NCC(=O)O)csc2c1=O. The molecule has 4 N–H and O–H groups in total. The second kappa shape index (κ2) is 9.40. The Bertz CT molecular complexity index is 1320. The molecule has 0 radical (unpaired) electrons. The molecule has 4 rings (SSSR count). The van der Waals surface area contributed by atoms with Gasteiger partial charge in [0.05, 0.1) is 23.7 Å². The smallest absolute Gasteiger partial charge is 0.322 e. The fraction of sp³-hybridized carbons (Fsp3) is 0.318. The molecule has 3 heterocycles. The summed E-state index contributed by atoms with van der Waals surface area (Å²) in [7, 11) is 0. The van der Waals surface area contributed by atoms with Gasteiger partial charge in [-0.25, -0.2) is 4.98 Å². The van der Waals surface area contributed by atoms with E-state index in [9.17, 15) is 19.6 Å². The number of benzene rings is 1. The van der Waals surface area contributed by atoms with Gasteiger partial charge >= 0.3 is 5.97 Å². The number of hydrogen-bond acceptors (Lipinski definition) is 8. The second-order valence-corrected chi connectivity index (χ2v) is 8.70. The first kappa shape index (κ1) is 22.4. The van der Waals surface area contributed by atoms with E-state index in [4.69, 9.17) is 15.8 Å². The van der Waals surface area contributed by atoms with Crippen LogP contribution in [0, 0.1) is 11.3 Å². The first-order valence-corrected chi connectivity index (χ1v) is 11.3. The number of amides is 1. The molecule has 1 amide bonds. The Hall–Kier alpha value is -3.75. The van der Waals surface area contributed by atoms with E-state index in [0.717, 1.165) is 24.2 Å². The van der Waals surface area contributed by atoms with Crippen LogP contribution in [0.15, 0.2) is 34.4 Å². The van der Waals surface area contributed by atoms with Crippen LogP contribution in [-0.4, -0.2) is 52.2 Å². The van der Waals surface area contributed by atoms with Crippen molar-refractivity contribution >= 4 is 39.4 Å². The van der Waals surface area contributed by atoms with Crippen LogP contribution in [0.4, 0.5) is 5.95 Å². The third-order valence-electron chi connectivity index (χ3n) is 5.51. The quantitative estimate of drug-likeness (QED) is 0.488. The fourth-order valence-corrected chi connectivity index (χ4v) is 4.85. The number of carboxylic acid groups (broad SMARTS) is 1. The Morgan fingerprint density at radius 1 is 1.36 bits per heavy atom. The van der Waals surface area contributed by atoms with Gasteiger partial charge in [-0.2, -0.15) is 5.26 Å². The van der Waals surface area contributed by atoms with Gasteiger partial charge in [0.1, 0.15) is 16.8 Å². The lowest BCUT2D eigenvalue weighted by atomic mass is 10.1. The number of thiophene rings is 1. The zero-order chi connectivity index (χ0) is 23.5. The van der Waals surface area contributed by atoms with Gasteiger partial charge in [0.15, 0.2) is 0 Å². The number of carbonyl (C=O) groups is 2. The molecule has 1 aromatic carbocycles. The summed E-state index contributed by atoms with van der Waals surface area (Å²) in [6.45, 7) is 0.760. The Kier molecular flexibility index (Phi) is 6.39. The highest BCUT2D eigenvalue weighted by Crippen LogP contribution is 2.26. The number of nitrogens with zero attached hydrogens (tertiary/aromatic N) is 4. The number of hydrogen-bond donors (Lipinski definition) is 3. The molecule has 170 valence electrons. The van der Waals surface area contributed by atoms with E-state index < -0.39 is 18.4 Å². The lowest BCUT2D eigenvalue weighted by molar-refractivity contribution is -0.135. The number of aromatic nitrogens is 2. The molecule has 1 aliphatic rings. The summed E-state index contributed by atoms with van der Waals surface area (Å²) in [5, 5.41) is 22.2. The second-order valence-electron chi connectivity index (χ2n) is 7.82. The van der Waals surface area contributed by atoms with Crippen molar-refractivity contribution in [2.24, 2.45) is 5.73 Å². The monoisotopic (exact) mass is 466 g/mol. The van der Waals surface area contributed by atoms with Crippen molar-refractivity contribution in [3.05, 3.63) is 56.7 Å². The van der Waals surface area contributed by atoms with Crippen LogP contribution in [-0.2, 0) is 11.3 Å². The first-order valence-electron chi connectivity index (χ1n) is 10.4. The van der Waals surface area contributed by atoms with Gasteiger partial charge in [-0.05, 0) is 24.5 Å². The minimum absolute atomic E-state index is 0.0768. The number of aliphatic carboxylic acids is 1. The van der Waals surface area contributed by atoms with Gasteiger partial charge in [0, 0.05) is 24.5 Å². The first-order chi connectivity index (χ1) is 15.9. The molecule has 0 bridgehead atoms. The third kappa shape index (κ3) is 4.57. The van der Waals surface area contributed by atoms with E-state index in [2.05, 4.69) is 11.4 Å². The maximum absolute atomic E-state index is 13.5. The number of nitrogens with two attached hydrogens (primary N) is 1. The summed E-state index contributed by atoms with van der Waals surface area (Å²) in [5.74, 6) is -1.40. The van der Waals surface area contributed by atoms with Gasteiger partial charge in [-0.3, -0.25) is 19.0 Å². The normalized spacial score (nSPS) is 15.9. The molecule has 3 aromatic rings. The van der Waals surface area contributed by atoms with Gasteiger partial charge in [0.25, 0.3) is 11.5 Å². The summed E-state index contributed by atoms with van der Waals surface area (Å²) in [5.41, 5.74) is 7.37. The van der Waals surface area contributed by atoms with E-state index in [0.29, 0.717) is 30.2 Å². The van der Waals surface area contributed by atoms with Crippen LogP contribution in [0.2, 0.25) is 0 Å². The summed E-state index contributed by atoms with van der Waals surface area (Å²) in [6, 6.07) is 9.13. The van der Waals surface area contributed by atoms with Crippen molar-refractivity contribution in [2.45, 2.75) is 25.4 Å². The number of piperidine rings is 1. The van der Waals surface area contributed by atoms with Crippen LogP contribution in [0.5, 0.6) is 0 Å². The molecule has 1 aliphatic heterocycles. The molecule has 1 saturated heterocycles. The van der Waals surface area contributed by atoms with Crippen LogP contribution in [0.1, 0.15) is 34.3 Å². The minimum Gasteiger partial charge on any atom is -0.480 e. The third-order valence-corrected chi connectivity index (χ3v) is 6.47. The Labute approximate surface area is 192 Å². The van der Waals surface area contributed by atoms with Crippen LogP contribution >= 0.6 is 11.3 Å². The van der Waals surface area contributed by atoms with Crippen molar-refractivity contribution in [2.75, 3.05) is 24.5 Å². The summed E-state index contributed by atoms with van der Waals surface area (Å²) < 4.78 is 1.81.